The van der Waals surface area contributed by atoms with Crippen molar-refractivity contribution in [1.29, 1.82) is 0 Å². The molecular formula is C11H14N4O2. The number of nitrogens with zero attached hydrogens (tertiary/aromatic N) is 3. The third kappa shape index (κ3) is 2.37. The summed E-state index contributed by atoms with van der Waals surface area (Å²) in [7, 11) is 0. The molecule has 1 saturated heterocycles. The summed E-state index contributed by atoms with van der Waals surface area (Å²) in [5.74, 6) is 0.826. The molecule has 0 saturated carbocycles. The standard InChI is InChI=1S/C11H14N4O2/c1-3-13-15-4-2-10(14-11(1)15)12-7-9-8-16-5-6-17-9/h1-4,9H,5-8H2,(H,12,14). The Kier molecular flexibility index (Phi) is 2.89. The molecule has 90 valence electrons. The van der Waals surface area contributed by atoms with Crippen LogP contribution in [0.4, 0.5) is 5.82 Å². The van der Waals surface area contributed by atoms with E-state index in [4.69, 9.17) is 9.47 Å². The van der Waals surface area contributed by atoms with Crippen LogP contribution in [0.25, 0.3) is 5.65 Å². The zero-order valence-electron chi connectivity index (χ0n) is 9.37. The maximum Gasteiger partial charge on any atom is 0.157 e. The molecule has 1 N–H and O–H groups in total. The fourth-order valence-corrected chi connectivity index (χ4v) is 1.78. The Labute approximate surface area is 98.6 Å². The molecule has 3 rings (SSSR count). The smallest absolute Gasteiger partial charge is 0.157 e. The van der Waals surface area contributed by atoms with Gasteiger partial charge in [0.2, 0.25) is 0 Å². The largest absolute Gasteiger partial charge is 0.376 e. The highest BCUT2D eigenvalue weighted by Crippen LogP contribution is 2.07. The van der Waals surface area contributed by atoms with Gasteiger partial charge in [0, 0.05) is 18.8 Å². The summed E-state index contributed by atoms with van der Waals surface area (Å²) in [6.45, 7) is 2.71. The topological polar surface area (TPSA) is 60.7 Å². The van der Waals surface area contributed by atoms with Gasteiger partial charge in [-0.1, -0.05) is 0 Å². The lowest BCUT2D eigenvalue weighted by molar-refractivity contribution is -0.0819. The van der Waals surface area contributed by atoms with Crippen LogP contribution in [-0.2, 0) is 9.47 Å². The normalized spacial score (nSPS) is 20.6. The summed E-state index contributed by atoms with van der Waals surface area (Å²) < 4.78 is 12.6. The number of aromatic nitrogens is 3. The van der Waals surface area contributed by atoms with E-state index in [0.29, 0.717) is 26.4 Å². The summed E-state index contributed by atoms with van der Waals surface area (Å²) in [6.07, 6.45) is 3.71. The first kappa shape index (κ1) is 10.5. The average molecular weight is 234 g/mol. The molecule has 1 atom stereocenters. The molecule has 17 heavy (non-hydrogen) atoms. The summed E-state index contributed by atoms with van der Waals surface area (Å²) in [5.41, 5.74) is 0.829. The summed E-state index contributed by atoms with van der Waals surface area (Å²) in [4.78, 5) is 4.41. The zero-order chi connectivity index (χ0) is 11.5. The predicted octanol–water partition coefficient (Wildman–Crippen LogP) is 0.557. The van der Waals surface area contributed by atoms with Gasteiger partial charge in [-0.3, -0.25) is 0 Å². The van der Waals surface area contributed by atoms with Gasteiger partial charge in [-0.2, -0.15) is 5.10 Å². The molecule has 0 amide bonds. The van der Waals surface area contributed by atoms with Crippen molar-refractivity contribution in [3.63, 3.8) is 0 Å². The van der Waals surface area contributed by atoms with Gasteiger partial charge >= 0.3 is 0 Å². The number of anilines is 1. The van der Waals surface area contributed by atoms with Crippen molar-refractivity contribution in [1.82, 2.24) is 14.6 Å². The van der Waals surface area contributed by atoms with Crippen molar-refractivity contribution < 1.29 is 9.47 Å². The third-order valence-electron chi connectivity index (χ3n) is 2.65. The monoisotopic (exact) mass is 234 g/mol. The van der Waals surface area contributed by atoms with Crippen molar-refractivity contribution in [3.05, 3.63) is 24.5 Å². The highest BCUT2D eigenvalue weighted by Gasteiger charge is 2.13. The van der Waals surface area contributed by atoms with Crippen LogP contribution in [0.3, 0.4) is 0 Å². The van der Waals surface area contributed by atoms with Gasteiger partial charge in [-0.15, -0.1) is 0 Å². The molecule has 0 radical (unpaired) electrons. The molecule has 1 fully saturated rings. The zero-order valence-corrected chi connectivity index (χ0v) is 9.37. The van der Waals surface area contributed by atoms with Crippen LogP contribution in [0.2, 0.25) is 0 Å². The summed E-state index contributed by atoms with van der Waals surface area (Å²) in [6, 6.07) is 3.76. The maximum absolute atomic E-state index is 5.54. The van der Waals surface area contributed by atoms with Crippen LogP contribution in [0.1, 0.15) is 0 Å². The van der Waals surface area contributed by atoms with E-state index in [-0.39, 0.29) is 6.10 Å². The van der Waals surface area contributed by atoms with Crippen molar-refractivity contribution in [2.45, 2.75) is 6.10 Å². The first-order valence-corrected chi connectivity index (χ1v) is 5.65. The highest BCUT2D eigenvalue weighted by atomic mass is 16.6. The Morgan fingerprint density at radius 1 is 1.41 bits per heavy atom. The number of hydrogen-bond donors (Lipinski definition) is 1. The van der Waals surface area contributed by atoms with E-state index in [1.165, 1.54) is 0 Å². The lowest BCUT2D eigenvalue weighted by Crippen LogP contribution is -2.34. The number of hydrogen-bond acceptors (Lipinski definition) is 5. The van der Waals surface area contributed by atoms with Crippen LogP contribution >= 0.6 is 0 Å². The summed E-state index contributed by atoms with van der Waals surface area (Å²) >= 11 is 0. The second-order valence-corrected chi connectivity index (χ2v) is 3.90. The van der Waals surface area contributed by atoms with Crippen LogP contribution in [0.5, 0.6) is 0 Å². The van der Waals surface area contributed by atoms with Gasteiger partial charge in [0.25, 0.3) is 0 Å². The van der Waals surface area contributed by atoms with Gasteiger partial charge in [0.1, 0.15) is 5.82 Å². The SMILES string of the molecule is c1cc2nc(NCC3COCCO3)ccn2n1. The van der Waals surface area contributed by atoms with E-state index >= 15 is 0 Å². The molecule has 6 nitrogen and oxygen atoms in total. The minimum absolute atomic E-state index is 0.103. The third-order valence-corrected chi connectivity index (χ3v) is 2.65. The van der Waals surface area contributed by atoms with Crippen molar-refractivity contribution in [2.75, 3.05) is 31.7 Å². The van der Waals surface area contributed by atoms with Gasteiger partial charge in [-0.25, -0.2) is 9.50 Å². The molecule has 0 spiro atoms. The Balaban J connectivity index is 1.63. The van der Waals surface area contributed by atoms with E-state index in [9.17, 15) is 0 Å². The number of fused-ring (bicyclic) bond motifs is 1. The summed E-state index contributed by atoms with van der Waals surface area (Å²) in [5, 5.41) is 7.33. The molecule has 1 unspecified atom stereocenters. The van der Waals surface area contributed by atoms with Gasteiger partial charge < -0.3 is 14.8 Å². The lowest BCUT2D eigenvalue weighted by atomic mass is 10.3. The van der Waals surface area contributed by atoms with E-state index in [1.54, 1.807) is 10.7 Å². The predicted molar refractivity (Wildman–Crippen MR) is 62.0 cm³/mol. The fourth-order valence-electron chi connectivity index (χ4n) is 1.78. The first-order chi connectivity index (χ1) is 8.42. The number of ether oxygens (including phenoxy) is 2. The van der Waals surface area contributed by atoms with E-state index in [2.05, 4.69) is 15.4 Å². The first-order valence-electron chi connectivity index (χ1n) is 5.65. The minimum Gasteiger partial charge on any atom is -0.376 e. The van der Waals surface area contributed by atoms with Crippen LogP contribution in [0, 0.1) is 0 Å². The molecule has 2 aromatic rings. The van der Waals surface area contributed by atoms with E-state index < -0.39 is 0 Å². The van der Waals surface area contributed by atoms with Gasteiger partial charge in [0.05, 0.1) is 32.1 Å². The van der Waals surface area contributed by atoms with Crippen LogP contribution < -0.4 is 5.32 Å². The molecule has 0 aliphatic carbocycles. The van der Waals surface area contributed by atoms with Crippen LogP contribution in [0.15, 0.2) is 24.5 Å². The molecule has 0 bridgehead atoms. The Hall–Kier alpha value is -1.66. The Morgan fingerprint density at radius 2 is 2.41 bits per heavy atom. The van der Waals surface area contributed by atoms with Crippen molar-refractivity contribution >= 4 is 11.5 Å². The van der Waals surface area contributed by atoms with Crippen molar-refractivity contribution in [3.8, 4) is 0 Å². The molecule has 0 aromatic carbocycles. The molecule has 1 aliphatic rings. The van der Waals surface area contributed by atoms with E-state index in [1.807, 2.05) is 18.3 Å². The molecule has 6 heteroatoms. The van der Waals surface area contributed by atoms with Crippen molar-refractivity contribution in [2.24, 2.45) is 0 Å². The minimum atomic E-state index is 0.103. The number of rotatable bonds is 3. The second kappa shape index (κ2) is 4.68. The molecular weight excluding hydrogens is 220 g/mol. The van der Waals surface area contributed by atoms with Crippen LogP contribution in [-0.4, -0.2) is 47.1 Å². The average Bonchev–Trinajstić information content (AvgIpc) is 2.85. The fraction of sp³-hybridized carbons (Fsp3) is 0.455. The van der Waals surface area contributed by atoms with Gasteiger partial charge in [-0.05, 0) is 6.07 Å². The quantitative estimate of drug-likeness (QED) is 0.840. The molecule has 3 heterocycles. The Morgan fingerprint density at radius 3 is 3.29 bits per heavy atom. The highest BCUT2D eigenvalue weighted by molar-refractivity contribution is 5.45. The number of nitrogens with one attached hydrogen (secondary N) is 1. The van der Waals surface area contributed by atoms with E-state index in [0.717, 1.165) is 11.5 Å². The van der Waals surface area contributed by atoms with Gasteiger partial charge in [0.15, 0.2) is 5.65 Å². The molecule has 2 aromatic heterocycles. The second-order valence-electron chi connectivity index (χ2n) is 3.90. The Bertz CT molecular complexity index is 493. The maximum atomic E-state index is 5.54. The molecule has 1 aliphatic heterocycles. The lowest BCUT2D eigenvalue weighted by Gasteiger charge is -2.23.